The van der Waals surface area contributed by atoms with E-state index in [-0.39, 0.29) is 0 Å². The van der Waals surface area contributed by atoms with Crippen LogP contribution in [0, 0.1) is 0 Å². The summed E-state index contributed by atoms with van der Waals surface area (Å²) in [6.45, 7) is 1.41. The lowest BCUT2D eigenvalue weighted by Gasteiger charge is -2.12. The van der Waals surface area contributed by atoms with Gasteiger partial charge in [0.1, 0.15) is 5.75 Å². The zero-order valence-corrected chi connectivity index (χ0v) is 13.1. The fourth-order valence-electron chi connectivity index (χ4n) is 2.34. The minimum Gasteiger partial charge on any atom is -0.493 e. The van der Waals surface area contributed by atoms with E-state index in [1.54, 1.807) is 6.07 Å². The van der Waals surface area contributed by atoms with Crippen LogP contribution >= 0.6 is 27.5 Å². The fourth-order valence-corrected chi connectivity index (χ4v) is 3.15. The molecule has 1 heterocycles. The van der Waals surface area contributed by atoms with Crippen molar-refractivity contribution >= 4 is 38.9 Å². The van der Waals surface area contributed by atoms with Gasteiger partial charge in [-0.2, -0.15) is 0 Å². The molecule has 0 bridgehead atoms. The number of ether oxygens (including phenoxy) is 1. The molecule has 1 aliphatic heterocycles. The molecule has 0 fully saturated rings. The summed E-state index contributed by atoms with van der Waals surface area (Å²) in [6.07, 6.45) is 0.963. The van der Waals surface area contributed by atoms with Crippen LogP contribution in [-0.2, 0) is 13.0 Å². The van der Waals surface area contributed by atoms with E-state index in [2.05, 4.69) is 33.4 Å². The lowest BCUT2D eigenvalue weighted by atomic mass is 10.1. The summed E-state index contributed by atoms with van der Waals surface area (Å²) < 4.78 is 6.78. The number of anilines is 2. The number of nitrogens with two attached hydrogens (primary N) is 1. The monoisotopic (exact) mass is 352 g/mol. The first kappa shape index (κ1) is 13.6. The molecule has 5 heteroatoms. The van der Waals surface area contributed by atoms with Crippen LogP contribution in [0.25, 0.3) is 0 Å². The molecule has 2 aromatic carbocycles. The Kier molecular flexibility index (Phi) is 3.76. The van der Waals surface area contributed by atoms with E-state index >= 15 is 0 Å². The maximum absolute atomic E-state index is 6.16. The lowest BCUT2D eigenvalue weighted by Crippen LogP contribution is -2.02. The van der Waals surface area contributed by atoms with Gasteiger partial charge in [-0.1, -0.05) is 27.5 Å². The molecule has 3 rings (SSSR count). The second-order valence-corrected chi connectivity index (χ2v) is 6.07. The summed E-state index contributed by atoms with van der Waals surface area (Å²) in [5.41, 5.74) is 9.59. The first-order valence-electron chi connectivity index (χ1n) is 6.36. The van der Waals surface area contributed by atoms with Crippen molar-refractivity contribution in [3.05, 3.63) is 51.0 Å². The number of nitrogens with one attached hydrogen (secondary N) is 1. The molecule has 0 saturated carbocycles. The van der Waals surface area contributed by atoms with Gasteiger partial charge in [-0.3, -0.25) is 0 Å². The van der Waals surface area contributed by atoms with Gasteiger partial charge in [-0.15, -0.1) is 0 Å². The SMILES string of the molecule is Nc1ccc(NCc2cc(Br)cc3c2OCC3)c(Cl)c1. The highest BCUT2D eigenvalue weighted by Gasteiger charge is 2.17. The topological polar surface area (TPSA) is 47.3 Å². The maximum Gasteiger partial charge on any atom is 0.127 e. The van der Waals surface area contributed by atoms with Crippen LogP contribution in [0.15, 0.2) is 34.8 Å². The maximum atomic E-state index is 6.16. The second kappa shape index (κ2) is 5.54. The van der Waals surface area contributed by atoms with Gasteiger partial charge in [0, 0.05) is 28.7 Å². The number of hydrogen-bond acceptors (Lipinski definition) is 3. The standard InChI is InChI=1S/C15H14BrClN2O/c16-11-5-9-3-4-20-15(9)10(6-11)8-19-14-2-1-12(18)7-13(14)17/h1-2,5-7,19H,3-4,8,18H2. The normalized spacial score (nSPS) is 12.9. The van der Waals surface area contributed by atoms with Gasteiger partial charge in [-0.05, 0) is 35.9 Å². The zero-order chi connectivity index (χ0) is 14.1. The molecular weight excluding hydrogens is 340 g/mol. The zero-order valence-electron chi connectivity index (χ0n) is 10.7. The highest BCUT2D eigenvalue weighted by molar-refractivity contribution is 9.10. The molecule has 0 atom stereocenters. The van der Waals surface area contributed by atoms with Crippen molar-refractivity contribution < 1.29 is 4.74 Å². The van der Waals surface area contributed by atoms with Gasteiger partial charge in [-0.25, -0.2) is 0 Å². The van der Waals surface area contributed by atoms with Crippen LogP contribution in [-0.4, -0.2) is 6.61 Å². The molecular formula is C15H14BrClN2O. The molecule has 3 nitrogen and oxygen atoms in total. The van der Waals surface area contributed by atoms with Crippen molar-refractivity contribution in [1.29, 1.82) is 0 Å². The highest BCUT2D eigenvalue weighted by atomic mass is 79.9. The second-order valence-electron chi connectivity index (χ2n) is 4.74. The molecule has 0 aliphatic carbocycles. The third kappa shape index (κ3) is 2.72. The summed E-state index contributed by atoms with van der Waals surface area (Å²) in [6, 6.07) is 9.64. The Labute approximate surface area is 131 Å². The Bertz CT molecular complexity index is 661. The lowest BCUT2D eigenvalue weighted by molar-refractivity contribution is 0.354. The van der Waals surface area contributed by atoms with Gasteiger partial charge in [0.25, 0.3) is 0 Å². The fraction of sp³-hybridized carbons (Fsp3) is 0.200. The largest absolute Gasteiger partial charge is 0.493 e. The Balaban J connectivity index is 1.82. The van der Waals surface area contributed by atoms with E-state index in [0.717, 1.165) is 34.5 Å². The van der Waals surface area contributed by atoms with Crippen LogP contribution in [0.4, 0.5) is 11.4 Å². The van der Waals surface area contributed by atoms with Crippen molar-refractivity contribution in [1.82, 2.24) is 0 Å². The van der Waals surface area contributed by atoms with Gasteiger partial charge in [0.05, 0.1) is 17.3 Å². The number of halogens is 2. The molecule has 0 spiro atoms. The van der Waals surface area contributed by atoms with Crippen LogP contribution < -0.4 is 15.8 Å². The average molecular weight is 354 g/mol. The van der Waals surface area contributed by atoms with Crippen molar-refractivity contribution in [2.75, 3.05) is 17.7 Å². The molecule has 104 valence electrons. The summed E-state index contributed by atoms with van der Waals surface area (Å²) in [7, 11) is 0. The van der Waals surface area contributed by atoms with E-state index < -0.39 is 0 Å². The number of fused-ring (bicyclic) bond motifs is 1. The molecule has 1 aliphatic rings. The first-order chi connectivity index (χ1) is 9.63. The molecule has 0 unspecified atom stereocenters. The predicted octanol–water partition coefficient (Wildman–Crippen LogP) is 4.23. The van der Waals surface area contributed by atoms with Gasteiger partial charge in [0.15, 0.2) is 0 Å². The summed E-state index contributed by atoms with van der Waals surface area (Å²) in [5.74, 6) is 0.993. The Morgan fingerprint density at radius 1 is 1.30 bits per heavy atom. The minimum atomic E-state index is 0.623. The summed E-state index contributed by atoms with van der Waals surface area (Å²) >= 11 is 9.70. The predicted molar refractivity (Wildman–Crippen MR) is 86.5 cm³/mol. The van der Waals surface area contributed by atoms with E-state index in [4.69, 9.17) is 22.1 Å². The van der Waals surface area contributed by atoms with Crippen molar-refractivity contribution in [3.63, 3.8) is 0 Å². The van der Waals surface area contributed by atoms with E-state index in [0.29, 0.717) is 17.3 Å². The molecule has 0 aromatic heterocycles. The number of rotatable bonds is 3. The Hall–Kier alpha value is -1.39. The molecule has 0 radical (unpaired) electrons. The third-order valence-corrected chi connectivity index (χ3v) is 4.06. The summed E-state index contributed by atoms with van der Waals surface area (Å²) in [4.78, 5) is 0. The molecule has 0 saturated heterocycles. The minimum absolute atomic E-state index is 0.623. The van der Waals surface area contributed by atoms with Crippen LogP contribution in [0.1, 0.15) is 11.1 Å². The smallest absolute Gasteiger partial charge is 0.127 e. The molecule has 2 aromatic rings. The van der Waals surface area contributed by atoms with Gasteiger partial charge < -0.3 is 15.8 Å². The van der Waals surface area contributed by atoms with Crippen LogP contribution in [0.2, 0.25) is 5.02 Å². The van der Waals surface area contributed by atoms with Crippen LogP contribution in [0.3, 0.4) is 0 Å². The van der Waals surface area contributed by atoms with Gasteiger partial charge >= 0.3 is 0 Å². The third-order valence-electron chi connectivity index (χ3n) is 3.29. The van der Waals surface area contributed by atoms with Crippen molar-refractivity contribution in [3.8, 4) is 5.75 Å². The Morgan fingerprint density at radius 3 is 2.95 bits per heavy atom. The highest BCUT2D eigenvalue weighted by Crippen LogP contribution is 2.34. The number of nitrogen functional groups attached to an aromatic ring is 1. The number of benzene rings is 2. The average Bonchev–Trinajstić information content (AvgIpc) is 2.85. The van der Waals surface area contributed by atoms with E-state index in [9.17, 15) is 0 Å². The molecule has 0 amide bonds. The van der Waals surface area contributed by atoms with Gasteiger partial charge in [0.2, 0.25) is 0 Å². The Morgan fingerprint density at radius 2 is 2.15 bits per heavy atom. The molecule has 3 N–H and O–H groups in total. The van der Waals surface area contributed by atoms with Crippen LogP contribution in [0.5, 0.6) is 5.75 Å². The quantitative estimate of drug-likeness (QED) is 0.812. The van der Waals surface area contributed by atoms with Crippen molar-refractivity contribution in [2.45, 2.75) is 13.0 Å². The number of hydrogen-bond donors (Lipinski definition) is 2. The molecule has 20 heavy (non-hydrogen) atoms. The van der Waals surface area contributed by atoms with E-state index in [1.807, 2.05) is 12.1 Å². The van der Waals surface area contributed by atoms with E-state index in [1.165, 1.54) is 5.56 Å². The first-order valence-corrected chi connectivity index (χ1v) is 7.53. The van der Waals surface area contributed by atoms with Crippen molar-refractivity contribution in [2.24, 2.45) is 0 Å². The summed E-state index contributed by atoms with van der Waals surface area (Å²) in [5, 5.41) is 3.95.